The maximum atomic E-state index is 12.2. The van der Waals surface area contributed by atoms with Crippen LogP contribution in [-0.4, -0.2) is 53.7 Å². The standard InChI is InChI=1S/C21H36N6O2/c1-14(2)26(4)21(28)24-13-18(27(5)23)20(22)17-11-12-19(15(3)25-17)29-16-9-7-6-8-10-16/h11-12,14,16H,6-10,13,22-23H2,1-5H3,(H,24,28)/b20-18-. The average Bonchev–Trinajstić information content (AvgIpc) is 2.69. The minimum atomic E-state index is -0.187. The van der Waals surface area contributed by atoms with E-state index in [1.807, 2.05) is 32.9 Å². The molecule has 0 aliphatic heterocycles. The predicted molar refractivity (Wildman–Crippen MR) is 116 cm³/mol. The molecule has 1 aromatic heterocycles. The summed E-state index contributed by atoms with van der Waals surface area (Å²) in [7, 11) is 3.43. The summed E-state index contributed by atoms with van der Waals surface area (Å²) in [5.74, 6) is 6.76. The number of pyridine rings is 1. The van der Waals surface area contributed by atoms with Crippen LogP contribution in [0.2, 0.25) is 0 Å². The van der Waals surface area contributed by atoms with Crippen molar-refractivity contribution in [1.29, 1.82) is 0 Å². The molecule has 162 valence electrons. The molecule has 2 rings (SSSR count). The first-order chi connectivity index (χ1) is 13.7. The Labute approximate surface area is 174 Å². The van der Waals surface area contributed by atoms with Crippen molar-refractivity contribution in [3.8, 4) is 5.75 Å². The van der Waals surface area contributed by atoms with E-state index in [9.17, 15) is 4.79 Å². The zero-order chi connectivity index (χ0) is 21.6. The van der Waals surface area contributed by atoms with Crippen molar-refractivity contribution in [1.82, 2.24) is 20.2 Å². The molecule has 1 heterocycles. The molecule has 2 amide bonds. The third-order valence-corrected chi connectivity index (χ3v) is 5.40. The van der Waals surface area contributed by atoms with E-state index in [2.05, 4.69) is 10.3 Å². The molecule has 0 bridgehead atoms. The van der Waals surface area contributed by atoms with E-state index in [1.165, 1.54) is 24.3 Å². The SMILES string of the molecule is Cc1nc(/C(N)=C(\CNC(=O)N(C)C(C)C)N(C)N)ccc1OC1CCCCC1. The van der Waals surface area contributed by atoms with Crippen molar-refractivity contribution in [2.24, 2.45) is 11.6 Å². The Hall–Kier alpha value is -2.48. The molecule has 0 spiro atoms. The maximum Gasteiger partial charge on any atom is 0.317 e. The van der Waals surface area contributed by atoms with Gasteiger partial charge < -0.3 is 25.7 Å². The van der Waals surface area contributed by atoms with Crippen LogP contribution in [-0.2, 0) is 0 Å². The topological polar surface area (TPSA) is 110 Å². The van der Waals surface area contributed by atoms with E-state index >= 15 is 0 Å². The number of carbonyl (C=O) groups is 1. The molecule has 0 aromatic carbocycles. The highest BCUT2D eigenvalue weighted by molar-refractivity contribution is 5.75. The third kappa shape index (κ3) is 6.25. The molecule has 1 saturated carbocycles. The summed E-state index contributed by atoms with van der Waals surface area (Å²) in [5, 5.41) is 4.26. The first kappa shape index (κ1) is 22.8. The van der Waals surface area contributed by atoms with Gasteiger partial charge in [-0.15, -0.1) is 0 Å². The van der Waals surface area contributed by atoms with Crippen molar-refractivity contribution < 1.29 is 9.53 Å². The summed E-state index contributed by atoms with van der Waals surface area (Å²) >= 11 is 0. The van der Waals surface area contributed by atoms with Crippen LogP contribution < -0.4 is 21.6 Å². The van der Waals surface area contributed by atoms with E-state index in [1.54, 1.807) is 19.0 Å². The number of urea groups is 1. The number of aryl methyl sites for hydroxylation is 1. The Kier molecular flexibility index (Phi) is 8.13. The molecule has 1 aromatic rings. The van der Waals surface area contributed by atoms with Gasteiger partial charge in [0, 0.05) is 20.1 Å². The van der Waals surface area contributed by atoms with Gasteiger partial charge in [-0.3, -0.25) is 0 Å². The highest BCUT2D eigenvalue weighted by Gasteiger charge is 2.18. The number of amides is 2. The molecular formula is C21H36N6O2. The zero-order valence-corrected chi connectivity index (χ0v) is 18.4. The van der Waals surface area contributed by atoms with Gasteiger partial charge in [0.25, 0.3) is 0 Å². The minimum Gasteiger partial charge on any atom is -0.489 e. The Morgan fingerprint density at radius 1 is 1.28 bits per heavy atom. The predicted octanol–water partition coefficient (Wildman–Crippen LogP) is 2.58. The Balaban J connectivity index is 2.14. The second-order valence-corrected chi connectivity index (χ2v) is 7.99. The fraction of sp³-hybridized carbons (Fsp3) is 0.619. The lowest BCUT2D eigenvalue weighted by atomic mass is 9.98. The van der Waals surface area contributed by atoms with Crippen LogP contribution in [0.1, 0.15) is 57.3 Å². The van der Waals surface area contributed by atoms with E-state index in [4.69, 9.17) is 16.3 Å². The highest BCUT2D eigenvalue weighted by atomic mass is 16.5. The number of hydrogen-bond acceptors (Lipinski definition) is 6. The lowest BCUT2D eigenvalue weighted by molar-refractivity contribution is 0.153. The van der Waals surface area contributed by atoms with Gasteiger partial charge in [0.05, 0.1) is 35.4 Å². The number of carbonyl (C=O) groups excluding carboxylic acids is 1. The molecular weight excluding hydrogens is 368 g/mol. The molecule has 29 heavy (non-hydrogen) atoms. The quantitative estimate of drug-likeness (QED) is 0.476. The molecule has 0 saturated heterocycles. The van der Waals surface area contributed by atoms with Crippen LogP contribution in [0.25, 0.3) is 5.70 Å². The van der Waals surface area contributed by atoms with Crippen molar-refractivity contribution in [2.45, 2.75) is 65.0 Å². The molecule has 1 aliphatic rings. The normalized spacial score (nSPS) is 15.7. The second-order valence-electron chi connectivity index (χ2n) is 7.99. The van der Waals surface area contributed by atoms with E-state index in [0.29, 0.717) is 17.1 Å². The van der Waals surface area contributed by atoms with Crippen LogP contribution in [0.5, 0.6) is 5.75 Å². The number of nitrogens with two attached hydrogens (primary N) is 2. The van der Waals surface area contributed by atoms with Gasteiger partial charge in [0.15, 0.2) is 0 Å². The van der Waals surface area contributed by atoms with Gasteiger partial charge >= 0.3 is 6.03 Å². The minimum absolute atomic E-state index is 0.0939. The molecule has 1 fully saturated rings. The summed E-state index contributed by atoms with van der Waals surface area (Å²) in [6.45, 7) is 6.02. The second kappa shape index (κ2) is 10.3. The summed E-state index contributed by atoms with van der Waals surface area (Å²) in [5.41, 5.74) is 8.77. The lowest BCUT2D eigenvalue weighted by Crippen LogP contribution is -2.44. The highest BCUT2D eigenvalue weighted by Crippen LogP contribution is 2.26. The third-order valence-electron chi connectivity index (χ3n) is 5.40. The van der Waals surface area contributed by atoms with Crippen molar-refractivity contribution in [3.63, 3.8) is 0 Å². The van der Waals surface area contributed by atoms with Gasteiger partial charge in [-0.1, -0.05) is 6.42 Å². The summed E-state index contributed by atoms with van der Waals surface area (Å²) in [6, 6.07) is 3.66. The summed E-state index contributed by atoms with van der Waals surface area (Å²) < 4.78 is 6.14. The molecule has 8 nitrogen and oxygen atoms in total. The number of hydrazine groups is 1. The largest absolute Gasteiger partial charge is 0.489 e. The summed E-state index contributed by atoms with van der Waals surface area (Å²) in [4.78, 5) is 18.5. The van der Waals surface area contributed by atoms with Gasteiger partial charge in [0.2, 0.25) is 0 Å². The first-order valence-electron chi connectivity index (χ1n) is 10.3. The van der Waals surface area contributed by atoms with Crippen molar-refractivity contribution in [2.75, 3.05) is 20.6 Å². The van der Waals surface area contributed by atoms with Gasteiger partial charge in [-0.25, -0.2) is 15.6 Å². The molecule has 1 aliphatic carbocycles. The molecule has 5 N–H and O–H groups in total. The smallest absolute Gasteiger partial charge is 0.317 e. The Morgan fingerprint density at radius 3 is 2.48 bits per heavy atom. The fourth-order valence-corrected chi connectivity index (χ4v) is 3.26. The maximum absolute atomic E-state index is 12.2. The molecule has 0 radical (unpaired) electrons. The number of hydrogen-bond donors (Lipinski definition) is 3. The number of aromatic nitrogens is 1. The van der Waals surface area contributed by atoms with Crippen LogP contribution in [0.15, 0.2) is 17.8 Å². The number of likely N-dealkylation sites (N-methyl/N-ethyl adjacent to an activating group) is 1. The molecule has 0 atom stereocenters. The van der Waals surface area contributed by atoms with Crippen molar-refractivity contribution in [3.05, 3.63) is 29.2 Å². The lowest BCUT2D eigenvalue weighted by Gasteiger charge is -2.25. The van der Waals surface area contributed by atoms with E-state index in [0.717, 1.165) is 24.3 Å². The summed E-state index contributed by atoms with van der Waals surface area (Å²) in [6.07, 6.45) is 6.17. The fourth-order valence-electron chi connectivity index (χ4n) is 3.26. The van der Waals surface area contributed by atoms with E-state index in [-0.39, 0.29) is 24.7 Å². The van der Waals surface area contributed by atoms with Crippen LogP contribution in [0, 0.1) is 6.92 Å². The number of nitrogens with one attached hydrogen (secondary N) is 1. The van der Waals surface area contributed by atoms with Crippen LogP contribution >= 0.6 is 0 Å². The van der Waals surface area contributed by atoms with Gasteiger partial charge in [-0.05, 0) is 58.6 Å². The molecule has 0 unspecified atom stereocenters. The Bertz CT molecular complexity index is 726. The number of nitrogens with zero attached hydrogens (tertiary/aromatic N) is 3. The van der Waals surface area contributed by atoms with Crippen LogP contribution in [0.3, 0.4) is 0 Å². The Morgan fingerprint density at radius 2 is 1.93 bits per heavy atom. The monoisotopic (exact) mass is 404 g/mol. The van der Waals surface area contributed by atoms with Gasteiger partial charge in [-0.2, -0.15) is 0 Å². The number of rotatable bonds is 7. The van der Waals surface area contributed by atoms with Gasteiger partial charge in [0.1, 0.15) is 5.75 Å². The van der Waals surface area contributed by atoms with Crippen LogP contribution in [0.4, 0.5) is 4.79 Å². The first-order valence-corrected chi connectivity index (χ1v) is 10.3. The van der Waals surface area contributed by atoms with E-state index < -0.39 is 0 Å². The average molecular weight is 405 g/mol. The number of ether oxygens (including phenoxy) is 1. The van der Waals surface area contributed by atoms with Crippen molar-refractivity contribution >= 4 is 11.7 Å². The molecule has 8 heteroatoms. The zero-order valence-electron chi connectivity index (χ0n) is 18.4.